The molecule has 0 aliphatic carbocycles. The standard InChI is InChI=1S/C9H7BrFNO4/c1-4-5(9(13)16-2)3-6(12(14)15)8(11)7(4)10/h3H,1-2H3. The molecule has 0 spiro atoms. The first-order valence-corrected chi connectivity index (χ1v) is 4.90. The third kappa shape index (κ3) is 2.04. The number of nitrogens with zero attached hydrogens (tertiary/aromatic N) is 1. The lowest BCUT2D eigenvalue weighted by Gasteiger charge is -2.06. The van der Waals surface area contributed by atoms with Crippen LogP contribution in [0.5, 0.6) is 0 Å². The fraction of sp³-hybridized carbons (Fsp3) is 0.222. The second kappa shape index (κ2) is 4.56. The van der Waals surface area contributed by atoms with E-state index in [-0.39, 0.29) is 15.6 Å². The van der Waals surface area contributed by atoms with E-state index < -0.39 is 22.4 Å². The van der Waals surface area contributed by atoms with E-state index in [4.69, 9.17) is 0 Å². The van der Waals surface area contributed by atoms with Crippen LogP contribution in [-0.4, -0.2) is 18.0 Å². The zero-order valence-electron chi connectivity index (χ0n) is 8.41. The van der Waals surface area contributed by atoms with Crippen molar-refractivity contribution < 1.29 is 18.8 Å². The minimum absolute atomic E-state index is 0.0394. The van der Waals surface area contributed by atoms with Crippen LogP contribution >= 0.6 is 15.9 Å². The van der Waals surface area contributed by atoms with E-state index >= 15 is 0 Å². The summed E-state index contributed by atoms with van der Waals surface area (Å²) in [5, 5.41) is 10.5. The number of methoxy groups -OCH3 is 1. The Bertz CT molecular complexity index is 475. The molecule has 0 saturated carbocycles. The fourth-order valence-electron chi connectivity index (χ4n) is 1.16. The number of ether oxygens (including phenoxy) is 1. The van der Waals surface area contributed by atoms with Crippen molar-refractivity contribution >= 4 is 27.6 Å². The fourth-order valence-corrected chi connectivity index (χ4v) is 1.58. The Hall–Kier alpha value is -1.50. The van der Waals surface area contributed by atoms with Gasteiger partial charge in [-0.05, 0) is 28.4 Å². The lowest BCUT2D eigenvalue weighted by Crippen LogP contribution is -2.07. The second-order valence-electron chi connectivity index (χ2n) is 2.94. The van der Waals surface area contributed by atoms with E-state index in [1.807, 2.05) is 0 Å². The summed E-state index contributed by atoms with van der Waals surface area (Å²) in [6.07, 6.45) is 0. The molecule has 0 bridgehead atoms. The van der Waals surface area contributed by atoms with Gasteiger partial charge in [0.1, 0.15) is 0 Å². The van der Waals surface area contributed by atoms with Crippen LogP contribution in [-0.2, 0) is 4.74 Å². The smallest absolute Gasteiger partial charge is 0.338 e. The number of halogens is 2. The Labute approximate surface area is 98.5 Å². The van der Waals surface area contributed by atoms with E-state index in [9.17, 15) is 19.3 Å². The zero-order valence-corrected chi connectivity index (χ0v) is 10.00. The van der Waals surface area contributed by atoms with Gasteiger partial charge in [0.15, 0.2) is 0 Å². The number of hydrogen-bond donors (Lipinski definition) is 0. The van der Waals surface area contributed by atoms with Gasteiger partial charge in [0.05, 0.1) is 22.1 Å². The molecule has 0 N–H and O–H groups in total. The third-order valence-electron chi connectivity index (χ3n) is 2.03. The topological polar surface area (TPSA) is 69.4 Å². The molecule has 5 nitrogen and oxygen atoms in total. The predicted molar refractivity (Wildman–Crippen MR) is 56.8 cm³/mol. The number of nitro benzene ring substituents is 1. The van der Waals surface area contributed by atoms with Gasteiger partial charge in [-0.25, -0.2) is 4.79 Å². The Morgan fingerprint density at radius 2 is 2.19 bits per heavy atom. The average Bonchev–Trinajstić information content (AvgIpc) is 2.25. The Balaban J connectivity index is 3.53. The maximum Gasteiger partial charge on any atom is 0.338 e. The van der Waals surface area contributed by atoms with E-state index in [2.05, 4.69) is 20.7 Å². The normalized spacial score (nSPS) is 10.0. The lowest BCUT2D eigenvalue weighted by molar-refractivity contribution is -0.387. The Kier molecular flexibility index (Phi) is 3.58. The van der Waals surface area contributed by atoms with Crippen LogP contribution in [0.25, 0.3) is 0 Å². The highest BCUT2D eigenvalue weighted by Crippen LogP contribution is 2.31. The Morgan fingerprint density at radius 3 is 2.62 bits per heavy atom. The van der Waals surface area contributed by atoms with Gasteiger partial charge in [-0.3, -0.25) is 10.1 Å². The quantitative estimate of drug-likeness (QED) is 0.477. The van der Waals surface area contributed by atoms with E-state index in [0.717, 1.165) is 13.2 Å². The molecule has 1 aromatic rings. The van der Waals surface area contributed by atoms with E-state index in [1.54, 1.807) is 0 Å². The van der Waals surface area contributed by atoms with Crippen molar-refractivity contribution in [2.45, 2.75) is 6.92 Å². The molecule has 0 unspecified atom stereocenters. The molecule has 0 aliphatic heterocycles. The van der Waals surface area contributed by atoms with Crippen LogP contribution in [0.15, 0.2) is 10.5 Å². The van der Waals surface area contributed by atoms with Crippen molar-refractivity contribution in [3.05, 3.63) is 37.6 Å². The predicted octanol–water partition coefficient (Wildman–Crippen LogP) is 2.59. The molecule has 0 atom stereocenters. The van der Waals surface area contributed by atoms with E-state index in [0.29, 0.717) is 0 Å². The molecule has 0 fully saturated rings. The molecular weight excluding hydrogens is 285 g/mol. The van der Waals surface area contributed by atoms with Gasteiger partial charge >= 0.3 is 11.7 Å². The summed E-state index contributed by atoms with van der Waals surface area (Å²) in [5.74, 6) is -1.75. The summed E-state index contributed by atoms with van der Waals surface area (Å²) >= 11 is 2.86. The Morgan fingerprint density at radius 1 is 1.62 bits per heavy atom. The molecule has 0 saturated heterocycles. The van der Waals surface area contributed by atoms with Crippen molar-refractivity contribution in [3.8, 4) is 0 Å². The number of nitro groups is 1. The largest absolute Gasteiger partial charge is 0.465 e. The monoisotopic (exact) mass is 291 g/mol. The number of carbonyl (C=O) groups is 1. The molecule has 0 radical (unpaired) electrons. The summed E-state index contributed by atoms with van der Waals surface area (Å²) in [4.78, 5) is 20.9. The first-order chi connectivity index (χ1) is 7.40. The number of rotatable bonds is 2. The summed E-state index contributed by atoms with van der Waals surface area (Å²) in [6, 6.07) is 0.862. The first-order valence-electron chi connectivity index (χ1n) is 4.11. The van der Waals surface area contributed by atoms with Crippen molar-refractivity contribution in [2.75, 3.05) is 7.11 Å². The van der Waals surface area contributed by atoms with Crippen LogP contribution in [0.1, 0.15) is 15.9 Å². The van der Waals surface area contributed by atoms with Gasteiger partial charge in [0.25, 0.3) is 0 Å². The van der Waals surface area contributed by atoms with Gasteiger partial charge in [0.2, 0.25) is 5.82 Å². The van der Waals surface area contributed by atoms with Gasteiger partial charge < -0.3 is 4.74 Å². The van der Waals surface area contributed by atoms with Gasteiger partial charge in [-0.2, -0.15) is 4.39 Å². The molecule has 0 heterocycles. The highest BCUT2D eigenvalue weighted by molar-refractivity contribution is 9.10. The molecule has 0 amide bonds. The van der Waals surface area contributed by atoms with Crippen molar-refractivity contribution in [1.29, 1.82) is 0 Å². The number of esters is 1. The maximum absolute atomic E-state index is 13.4. The van der Waals surface area contributed by atoms with Gasteiger partial charge in [-0.15, -0.1) is 0 Å². The molecule has 7 heteroatoms. The van der Waals surface area contributed by atoms with Gasteiger partial charge in [0, 0.05) is 6.07 Å². The van der Waals surface area contributed by atoms with Crippen LogP contribution in [0, 0.1) is 22.9 Å². The first kappa shape index (κ1) is 12.6. The summed E-state index contributed by atoms with van der Waals surface area (Å²) in [6.45, 7) is 1.46. The summed E-state index contributed by atoms with van der Waals surface area (Å²) < 4.78 is 17.8. The molecule has 16 heavy (non-hydrogen) atoms. The molecule has 86 valence electrons. The molecular formula is C9H7BrFNO4. The molecule has 0 aromatic heterocycles. The average molecular weight is 292 g/mol. The second-order valence-corrected chi connectivity index (χ2v) is 3.74. The zero-order chi connectivity index (χ0) is 12.5. The molecule has 0 aliphatic rings. The van der Waals surface area contributed by atoms with Crippen molar-refractivity contribution in [1.82, 2.24) is 0 Å². The SMILES string of the molecule is COC(=O)c1cc([N+](=O)[O-])c(F)c(Br)c1C. The minimum atomic E-state index is -1.00. The van der Waals surface area contributed by atoms with Crippen LogP contribution in [0.2, 0.25) is 0 Å². The third-order valence-corrected chi connectivity index (χ3v) is 2.98. The van der Waals surface area contributed by atoms with Crippen molar-refractivity contribution in [3.63, 3.8) is 0 Å². The lowest BCUT2D eigenvalue weighted by atomic mass is 10.1. The highest BCUT2D eigenvalue weighted by atomic mass is 79.9. The minimum Gasteiger partial charge on any atom is -0.465 e. The molecule has 1 rings (SSSR count). The van der Waals surface area contributed by atoms with Crippen LogP contribution in [0.4, 0.5) is 10.1 Å². The maximum atomic E-state index is 13.4. The van der Waals surface area contributed by atoms with Crippen LogP contribution < -0.4 is 0 Å². The summed E-state index contributed by atoms with van der Waals surface area (Å²) in [7, 11) is 1.14. The van der Waals surface area contributed by atoms with Crippen LogP contribution in [0.3, 0.4) is 0 Å². The molecule has 1 aromatic carbocycles. The highest BCUT2D eigenvalue weighted by Gasteiger charge is 2.24. The number of hydrogen-bond acceptors (Lipinski definition) is 4. The summed E-state index contributed by atoms with van der Waals surface area (Å²) in [5.41, 5.74) is -0.546. The van der Waals surface area contributed by atoms with Crippen molar-refractivity contribution in [2.24, 2.45) is 0 Å². The number of benzene rings is 1. The number of carbonyl (C=O) groups excluding carboxylic acids is 1. The van der Waals surface area contributed by atoms with E-state index in [1.165, 1.54) is 6.92 Å². The van der Waals surface area contributed by atoms with Gasteiger partial charge in [-0.1, -0.05) is 0 Å².